The van der Waals surface area contributed by atoms with Gasteiger partial charge in [0.05, 0.1) is 12.1 Å². The Kier molecular flexibility index (Phi) is 3.94. The molecule has 1 heterocycles. The lowest BCUT2D eigenvalue weighted by atomic mass is 10.1. The lowest BCUT2D eigenvalue weighted by Crippen LogP contribution is -1.98. The van der Waals surface area contributed by atoms with Crippen LogP contribution in [0, 0.1) is 12.3 Å². The number of aromatic nitrogens is 3. The maximum absolute atomic E-state index is 7.56. The molecule has 1 N–H and O–H groups in total. The van der Waals surface area contributed by atoms with Gasteiger partial charge in [-0.3, -0.25) is 5.41 Å². The normalized spacial score (nSPS) is 11.3. The van der Waals surface area contributed by atoms with Crippen LogP contribution in [0.2, 0.25) is 0 Å². The van der Waals surface area contributed by atoms with E-state index in [9.17, 15) is 0 Å². The van der Waals surface area contributed by atoms with Crippen LogP contribution < -0.4 is 0 Å². The van der Waals surface area contributed by atoms with E-state index in [1.807, 2.05) is 43.7 Å². The van der Waals surface area contributed by atoms with E-state index in [0.717, 1.165) is 28.7 Å². The van der Waals surface area contributed by atoms with Crippen LogP contribution in [0.15, 0.2) is 18.2 Å². The van der Waals surface area contributed by atoms with Crippen LogP contribution in [0.25, 0.3) is 17.1 Å². The van der Waals surface area contributed by atoms with Crippen LogP contribution in [0.4, 0.5) is 0 Å². The summed E-state index contributed by atoms with van der Waals surface area (Å²) in [5.74, 6) is 0.166. The summed E-state index contributed by atoms with van der Waals surface area (Å²) >= 11 is 0. The third-order valence-electron chi connectivity index (χ3n) is 3.00. The van der Waals surface area contributed by atoms with E-state index >= 15 is 0 Å². The minimum Gasteiger partial charge on any atom is -0.478 e. The summed E-state index contributed by atoms with van der Waals surface area (Å²) < 4.78 is 6.95. The average Bonchev–Trinajstić information content (AvgIpc) is 2.82. The molecule has 5 heteroatoms. The quantitative estimate of drug-likeness (QED) is 0.677. The highest BCUT2D eigenvalue weighted by atomic mass is 16.5. The fraction of sp³-hybridized carbons (Fsp3) is 0.357. The Labute approximate surface area is 112 Å². The van der Waals surface area contributed by atoms with Crippen LogP contribution in [0.1, 0.15) is 25.0 Å². The molecule has 0 amide bonds. The molecule has 0 spiro atoms. The zero-order valence-electron chi connectivity index (χ0n) is 11.5. The van der Waals surface area contributed by atoms with Crippen LogP contribution in [-0.2, 0) is 11.3 Å². The number of nitrogens with one attached hydrogen (secondary N) is 1. The molecule has 0 bridgehead atoms. The van der Waals surface area contributed by atoms with Gasteiger partial charge in [0.25, 0.3) is 0 Å². The van der Waals surface area contributed by atoms with Crippen LogP contribution in [0.5, 0.6) is 0 Å². The van der Waals surface area contributed by atoms with Crippen LogP contribution in [0.3, 0.4) is 0 Å². The van der Waals surface area contributed by atoms with Crippen molar-refractivity contribution in [2.45, 2.75) is 27.3 Å². The van der Waals surface area contributed by atoms with E-state index < -0.39 is 0 Å². The summed E-state index contributed by atoms with van der Waals surface area (Å²) in [6.45, 7) is 7.23. The second-order valence-corrected chi connectivity index (χ2v) is 4.18. The molecule has 100 valence electrons. The molecule has 0 saturated carbocycles. The molecule has 0 aliphatic heterocycles. The molecule has 0 radical (unpaired) electrons. The van der Waals surface area contributed by atoms with Gasteiger partial charge in [-0.15, -0.1) is 5.10 Å². The molecule has 0 fully saturated rings. The van der Waals surface area contributed by atoms with Crippen molar-refractivity contribution in [1.29, 1.82) is 5.41 Å². The van der Waals surface area contributed by atoms with Crippen molar-refractivity contribution in [3.05, 3.63) is 29.3 Å². The topological polar surface area (TPSA) is 63.8 Å². The minimum atomic E-state index is 0.166. The summed E-state index contributed by atoms with van der Waals surface area (Å²) in [5, 5.41) is 15.9. The number of hydrogen-bond donors (Lipinski definition) is 1. The van der Waals surface area contributed by atoms with Gasteiger partial charge in [-0.1, -0.05) is 11.3 Å². The smallest absolute Gasteiger partial charge is 0.205 e. The second kappa shape index (κ2) is 5.65. The lowest BCUT2D eigenvalue weighted by Gasteiger charge is -2.03. The maximum atomic E-state index is 7.56. The van der Waals surface area contributed by atoms with Gasteiger partial charge >= 0.3 is 0 Å². The Balaban J connectivity index is 2.35. The SMILES string of the molecule is CCOC(=N)/C=C/c1ccc2c(nnn2CC)c1C. The van der Waals surface area contributed by atoms with Gasteiger partial charge in [-0.25, -0.2) is 4.68 Å². The molecule has 0 unspecified atom stereocenters. The average molecular weight is 258 g/mol. The van der Waals surface area contributed by atoms with Gasteiger partial charge in [0.1, 0.15) is 5.52 Å². The number of aryl methyl sites for hydroxylation is 2. The number of benzene rings is 1. The first-order valence-corrected chi connectivity index (χ1v) is 6.39. The molecule has 5 nitrogen and oxygen atoms in total. The number of nitrogens with zero attached hydrogens (tertiary/aromatic N) is 3. The van der Waals surface area contributed by atoms with E-state index in [0.29, 0.717) is 6.61 Å². The largest absolute Gasteiger partial charge is 0.478 e. The van der Waals surface area contributed by atoms with Crippen molar-refractivity contribution < 1.29 is 4.74 Å². The molecule has 2 rings (SSSR count). The van der Waals surface area contributed by atoms with E-state index in [4.69, 9.17) is 10.1 Å². The minimum absolute atomic E-state index is 0.166. The van der Waals surface area contributed by atoms with Gasteiger partial charge in [0, 0.05) is 12.6 Å². The summed E-state index contributed by atoms with van der Waals surface area (Å²) in [7, 11) is 0. The Bertz CT molecular complexity index is 628. The number of rotatable bonds is 4. The monoisotopic (exact) mass is 258 g/mol. The predicted molar refractivity (Wildman–Crippen MR) is 76.3 cm³/mol. The summed E-state index contributed by atoms with van der Waals surface area (Å²) in [6.07, 6.45) is 3.53. The Morgan fingerprint density at radius 2 is 2.21 bits per heavy atom. The van der Waals surface area contributed by atoms with Crippen molar-refractivity contribution in [3.8, 4) is 0 Å². The van der Waals surface area contributed by atoms with Crippen LogP contribution >= 0.6 is 0 Å². The highest BCUT2D eigenvalue weighted by Gasteiger charge is 2.08. The first-order valence-electron chi connectivity index (χ1n) is 6.39. The van der Waals surface area contributed by atoms with Crippen molar-refractivity contribution in [1.82, 2.24) is 15.0 Å². The van der Waals surface area contributed by atoms with Crippen molar-refractivity contribution in [2.75, 3.05) is 6.61 Å². The first kappa shape index (κ1) is 13.3. The number of ether oxygens (including phenoxy) is 1. The van der Waals surface area contributed by atoms with Gasteiger partial charge in [-0.05, 0) is 44.0 Å². The molecule has 0 atom stereocenters. The Morgan fingerprint density at radius 1 is 1.42 bits per heavy atom. The third-order valence-corrected chi connectivity index (χ3v) is 3.00. The highest BCUT2D eigenvalue weighted by molar-refractivity contribution is 5.91. The molecular weight excluding hydrogens is 240 g/mol. The fourth-order valence-electron chi connectivity index (χ4n) is 1.97. The predicted octanol–water partition coefficient (Wildman–Crippen LogP) is 2.79. The molecule has 1 aromatic heterocycles. The molecule has 2 aromatic rings. The molecule has 19 heavy (non-hydrogen) atoms. The molecule has 1 aromatic carbocycles. The zero-order valence-corrected chi connectivity index (χ0v) is 11.5. The zero-order chi connectivity index (χ0) is 13.8. The molecule has 0 saturated heterocycles. The Hall–Kier alpha value is -2.17. The number of hydrogen-bond acceptors (Lipinski definition) is 4. The van der Waals surface area contributed by atoms with Crippen molar-refractivity contribution in [3.63, 3.8) is 0 Å². The van der Waals surface area contributed by atoms with E-state index in [1.54, 1.807) is 6.08 Å². The standard InChI is InChI=1S/C14H18N4O/c1-4-18-12-8-6-11(7-9-13(15)19-5-2)10(3)14(12)16-17-18/h6-9,15H,4-5H2,1-3H3/b9-7+,15-13?. The van der Waals surface area contributed by atoms with Crippen molar-refractivity contribution in [2.24, 2.45) is 0 Å². The van der Waals surface area contributed by atoms with Gasteiger partial charge in [0.15, 0.2) is 0 Å². The van der Waals surface area contributed by atoms with Gasteiger partial charge in [-0.2, -0.15) is 0 Å². The summed E-state index contributed by atoms with van der Waals surface area (Å²) in [5.41, 5.74) is 4.04. The van der Waals surface area contributed by atoms with Crippen molar-refractivity contribution >= 4 is 23.0 Å². The van der Waals surface area contributed by atoms with Gasteiger partial charge in [0.2, 0.25) is 5.90 Å². The second-order valence-electron chi connectivity index (χ2n) is 4.18. The molecular formula is C14H18N4O. The fourth-order valence-corrected chi connectivity index (χ4v) is 1.97. The third kappa shape index (κ3) is 2.65. The van der Waals surface area contributed by atoms with Gasteiger partial charge < -0.3 is 4.74 Å². The Morgan fingerprint density at radius 3 is 2.89 bits per heavy atom. The molecule has 0 aliphatic rings. The molecule has 0 aliphatic carbocycles. The van der Waals surface area contributed by atoms with E-state index in [-0.39, 0.29) is 5.90 Å². The highest BCUT2D eigenvalue weighted by Crippen LogP contribution is 2.20. The first-order chi connectivity index (χ1) is 9.17. The number of fused-ring (bicyclic) bond motifs is 1. The van der Waals surface area contributed by atoms with E-state index in [1.165, 1.54) is 0 Å². The maximum Gasteiger partial charge on any atom is 0.205 e. The summed E-state index contributed by atoms with van der Waals surface area (Å²) in [6, 6.07) is 4.03. The van der Waals surface area contributed by atoms with E-state index in [2.05, 4.69) is 10.3 Å². The lowest BCUT2D eigenvalue weighted by molar-refractivity contribution is 0.327. The van der Waals surface area contributed by atoms with Crippen LogP contribution in [-0.4, -0.2) is 27.5 Å². The summed E-state index contributed by atoms with van der Waals surface area (Å²) in [4.78, 5) is 0.